The van der Waals surface area contributed by atoms with Crippen LogP contribution in [0.5, 0.6) is 11.5 Å². The fourth-order valence-corrected chi connectivity index (χ4v) is 8.23. The summed E-state index contributed by atoms with van der Waals surface area (Å²) in [5.41, 5.74) is 1.42. The Bertz CT molecular complexity index is 1960. The molecule has 4 aromatic rings. The molecule has 5 heterocycles. The smallest absolute Gasteiger partial charge is 0.377 e. The zero-order valence-corrected chi connectivity index (χ0v) is 31.2. The topological polar surface area (TPSA) is 99.2 Å². The molecule has 0 saturated carbocycles. The van der Waals surface area contributed by atoms with Crippen LogP contribution < -0.4 is 9.22 Å². The van der Waals surface area contributed by atoms with Crippen LogP contribution in [0.2, 0.25) is 0 Å². The number of halogens is 1. The number of aromatic nitrogens is 3. The van der Waals surface area contributed by atoms with E-state index in [1.165, 1.54) is 22.9 Å². The molecule has 12 heteroatoms. The van der Waals surface area contributed by atoms with Gasteiger partial charge < -0.3 is 4.74 Å². The monoisotopic (exact) mass is 739 g/mol. The Hall–Kier alpha value is -4.07. The minimum absolute atomic E-state index is 0.107. The number of hydrogen-bond donors (Lipinski definition) is 0. The van der Waals surface area contributed by atoms with E-state index >= 15 is 4.39 Å². The summed E-state index contributed by atoms with van der Waals surface area (Å²) in [5.74, 6) is 0.963. The summed E-state index contributed by atoms with van der Waals surface area (Å²) in [6.45, 7) is 12.5. The Kier molecular flexibility index (Phi) is 9.57. The van der Waals surface area contributed by atoms with Crippen LogP contribution in [0.4, 0.5) is 4.39 Å². The first-order chi connectivity index (χ1) is 24.1. The number of nitrogens with zero attached hydrogens (tertiary/aromatic N) is 7. The van der Waals surface area contributed by atoms with Gasteiger partial charge in [-0.1, -0.05) is 0 Å². The van der Waals surface area contributed by atoms with Crippen molar-refractivity contribution in [3.05, 3.63) is 84.2 Å². The number of piperidine rings is 1. The number of fused-ring (bicyclic) bond motifs is 1. The van der Waals surface area contributed by atoms with Crippen LogP contribution in [0.1, 0.15) is 45.4 Å². The molecular weight excluding hydrogens is 696 g/mol. The second kappa shape index (κ2) is 13.9. The molecule has 260 valence electrons. The summed E-state index contributed by atoms with van der Waals surface area (Å²) in [7, 11) is 0. The summed E-state index contributed by atoms with van der Waals surface area (Å²) in [6, 6.07) is 16.3. The molecule has 7 rings (SSSR count). The molecule has 3 aliphatic rings. The van der Waals surface area contributed by atoms with E-state index in [0.717, 1.165) is 68.1 Å². The van der Waals surface area contributed by atoms with Crippen molar-refractivity contribution in [2.75, 3.05) is 52.5 Å². The van der Waals surface area contributed by atoms with Gasteiger partial charge in [-0.2, -0.15) is 0 Å². The third-order valence-corrected chi connectivity index (χ3v) is 11.3. The number of imidazole rings is 1. The number of carbonyl (C=O) groups is 1. The van der Waals surface area contributed by atoms with Crippen molar-refractivity contribution in [3.63, 3.8) is 0 Å². The number of nitriles is 1. The van der Waals surface area contributed by atoms with Gasteiger partial charge in [0.05, 0.1) is 18.8 Å². The standard InChI is InChI=1S/C38H43AsFN7O3/c1-37(2,45-16-18-46(19-17-45)38(3)24-49-25-38)21-27(22-41)36(48)44-14-7-8-26(23-44)35-43-32(33-34(39)42-13-15-47(33)35)30-12-11-29(20-31(30)40)50-28-9-5-4-6-10-28/h4-6,9-13,15,20-21,26H,7-8,14,16-19,23-25,39H2,1-3H3/t26-/m1/s1. The zero-order chi connectivity index (χ0) is 35.0. The Morgan fingerprint density at radius 2 is 1.88 bits per heavy atom. The molecule has 2 aromatic heterocycles. The quantitative estimate of drug-likeness (QED) is 0.153. The molecule has 50 heavy (non-hydrogen) atoms. The number of ether oxygens (including phenoxy) is 2. The molecule has 2 atom stereocenters. The normalized spacial score (nSPS) is 20.4. The second-order valence-electron chi connectivity index (χ2n) is 14.3. The summed E-state index contributed by atoms with van der Waals surface area (Å²) in [4.78, 5) is 30.1. The van der Waals surface area contributed by atoms with Crippen molar-refractivity contribution in [3.8, 4) is 28.8 Å². The number of carbonyl (C=O) groups excluding carboxylic acids is 1. The molecule has 10 nitrogen and oxygen atoms in total. The van der Waals surface area contributed by atoms with Crippen LogP contribution in [-0.4, -0.2) is 115 Å². The van der Waals surface area contributed by atoms with E-state index in [0.29, 0.717) is 35.8 Å². The van der Waals surface area contributed by atoms with Crippen LogP contribution in [0.25, 0.3) is 16.8 Å². The molecule has 1 amide bonds. The van der Waals surface area contributed by atoms with E-state index < -0.39 is 11.4 Å². The number of amides is 1. The van der Waals surface area contributed by atoms with Crippen LogP contribution in [0.15, 0.2) is 72.6 Å². The SMILES string of the molecule is CC(C)(C=C(C#N)C(=O)N1CCC[C@@H](c2nc(-c3ccc(Oc4ccccc4)cc3F)c3c([AsH2])nccn23)C1)N1CCN(C2(C)COC2)CC1. The molecule has 1 unspecified atom stereocenters. The summed E-state index contributed by atoms with van der Waals surface area (Å²) < 4.78 is 29.9. The van der Waals surface area contributed by atoms with Gasteiger partial charge in [-0.05, 0) is 6.92 Å². The van der Waals surface area contributed by atoms with Gasteiger partial charge in [0, 0.05) is 26.2 Å². The fraction of sp³-hybridized carbons (Fsp3) is 0.421. The van der Waals surface area contributed by atoms with Gasteiger partial charge in [-0.25, -0.2) is 0 Å². The molecule has 0 radical (unpaired) electrons. The molecule has 3 aliphatic heterocycles. The molecule has 0 N–H and O–H groups in total. The number of piperazine rings is 1. The molecule has 0 spiro atoms. The van der Waals surface area contributed by atoms with E-state index in [2.05, 4.69) is 41.6 Å². The Morgan fingerprint density at radius 1 is 1.12 bits per heavy atom. The van der Waals surface area contributed by atoms with Gasteiger partial charge in [-0.15, -0.1) is 0 Å². The Morgan fingerprint density at radius 3 is 2.56 bits per heavy atom. The first-order valence-electron chi connectivity index (χ1n) is 17.2. The van der Waals surface area contributed by atoms with E-state index in [-0.39, 0.29) is 22.9 Å². The number of rotatable bonds is 8. The van der Waals surface area contributed by atoms with Crippen LogP contribution in [-0.2, 0) is 9.53 Å². The van der Waals surface area contributed by atoms with Gasteiger partial charge in [0.1, 0.15) is 0 Å². The molecular formula is C38H43AsFN7O3. The van der Waals surface area contributed by atoms with Gasteiger partial charge >= 0.3 is 240 Å². The van der Waals surface area contributed by atoms with E-state index in [1.54, 1.807) is 23.2 Å². The fourth-order valence-electron chi connectivity index (χ4n) is 7.47. The first-order valence-corrected chi connectivity index (χ1v) is 18.4. The summed E-state index contributed by atoms with van der Waals surface area (Å²) in [5, 5.41) is 10.2. The van der Waals surface area contributed by atoms with E-state index in [1.807, 2.05) is 47.0 Å². The van der Waals surface area contributed by atoms with Crippen LogP contribution in [0.3, 0.4) is 0 Å². The third-order valence-electron chi connectivity index (χ3n) is 10.4. The van der Waals surface area contributed by atoms with E-state index in [4.69, 9.17) is 14.5 Å². The second-order valence-corrected chi connectivity index (χ2v) is 15.4. The van der Waals surface area contributed by atoms with Crippen LogP contribution in [0, 0.1) is 17.1 Å². The van der Waals surface area contributed by atoms with Gasteiger partial charge in [0.2, 0.25) is 0 Å². The average molecular weight is 740 g/mol. The van der Waals surface area contributed by atoms with Crippen molar-refractivity contribution < 1.29 is 18.7 Å². The maximum atomic E-state index is 15.8. The van der Waals surface area contributed by atoms with Crippen LogP contribution >= 0.6 is 0 Å². The number of hydrogen-bond acceptors (Lipinski definition) is 8. The van der Waals surface area contributed by atoms with Crippen molar-refractivity contribution >= 4 is 32.8 Å². The number of benzene rings is 2. The first kappa shape index (κ1) is 34.4. The third kappa shape index (κ3) is 6.70. The molecule has 3 saturated heterocycles. The molecule has 3 fully saturated rings. The summed E-state index contributed by atoms with van der Waals surface area (Å²) in [6.07, 6.45) is 7.01. The predicted octanol–water partition coefficient (Wildman–Crippen LogP) is 3.93. The molecule has 0 bridgehead atoms. The van der Waals surface area contributed by atoms with Crippen molar-refractivity contribution in [1.29, 1.82) is 5.26 Å². The number of para-hydroxylation sites is 1. The molecule has 0 aliphatic carbocycles. The number of likely N-dealkylation sites (tertiary alicyclic amines) is 1. The minimum atomic E-state index is -0.467. The average Bonchev–Trinajstić information content (AvgIpc) is 3.50. The minimum Gasteiger partial charge on any atom is -0.377 e. The van der Waals surface area contributed by atoms with Crippen molar-refractivity contribution in [1.82, 2.24) is 29.1 Å². The van der Waals surface area contributed by atoms with Gasteiger partial charge in [0.15, 0.2) is 0 Å². The van der Waals surface area contributed by atoms with Crippen molar-refractivity contribution in [2.24, 2.45) is 0 Å². The van der Waals surface area contributed by atoms with Gasteiger partial charge in [-0.3, -0.25) is 4.90 Å². The predicted molar refractivity (Wildman–Crippen MR) is 192 cm³/mol. The zero-order valence-electron chi connectivity index (χ0n) is 28.8. The van der Waals surface area contributed by atoms with Gasteiger partial charge in [0.25, 0.3) is 0 Å². The van der Waals surface area contributed by atoms with Crippen molar-refractivity contribution in [2.45, 2.75) is 50.6 Å². The maximum absolute atomic E-state index is 15.8. The Balaban J connectivity index is 1.11. The summed E-state index contributed by atoms with van der Waals surface area (Å²) >= 11 is 1.33. The van der Waals surface area contributed by atoms with E-state index in [9.17, 15) is 10.1 Å². The Labute approximate surface area is 301 Å². The molecule has 2 aromatic carbocycles.